The van der Waals surface area contributed by atoms with E-state index in [1.54, 1.807) is 12.1 Å². The summed E-state index contributed by atoms with van der Waals surface area (Å²) in [6.07, 6.45) is 5.04. The van der Waals surface area contributed by atoms with E-state index in [-0.39, 0.29) is 0 Å². The van der Waals surface area contributed by atoms with Crippen molar-refractivity contribution in [2.75, 3.05) is 11.6 Å². The lowest BCUT2D eigenvalue weighted by Gasteiger charge is -2.36. The lowest BCUT2D eigenvalue weighted by Crippen LogP contribution is -2.37. The van der Waals surface area contributed by atoms with Gasteiger partial charge in [0.25, 0.3) is 0 Å². The molecule has 2 atom stereocenters. The van der Waals surface area contributed by atoms with Gasteiger partial charge in [0.05, 0.1) is 4.90 Å². The molecule has 0 aliphatic heterocycles. The molecule has 1 aliphatic rings. The highest BCUT2D eigenvalue weighted by atomic mass is 32.2. The van der Waals surface area contributed by atoms with Crippen molar-refractivity contribution < 1.29 is 8.42 Å². The maximum absolute atomic E-state index is 11.7. The van der Waals surface area contributed by atoms with E-state index in [0.29, 0.717) is 22.8 Å². The first-order valence-electron chi connectivity index (χ1n) is 7.36. The van der Waals surface area contributed by atoms with Crippen LogP contribution in [-0.2, 0) is 9.84 Å². The Labute approximate surface area is 122 Å². The molecule has 1 aromatic carbocycles. The van der Waals surface area contributed by atoms with Crippen molar-refractivity contribution >= 4 is 15.5 Å². The van der Waals surface area contributed by atoms with E-state index < -0.39 is 9.84 Å². The average molecular weight is 295 g/mol. The molecule has 1 aromatic rings. The molecule has 1 saturated carbocycles. The van der Waals surface area contributed by atoms with Gasteiger partial charge >= 0.3 is 0 Å². The van der Waals surface area contributed by atoms with Crippen molar-refractivity contribution in [1.29, 1.82) is 0 Å². The van der Waals surface area contributed by atoms with Crippen LogP contribution in [0.4, 0.5) is 5.69 Å². The number of sulfone groups is 1. The largest absolute Gasteiger partial charge is 0.382 e. The smallest absolute Gasteiger partial charge is 0.175 e. The van der Waals surface area contributed by atoms with Gasteiger partial charge in [0.2, 0.25) is 0 Å². The van der Waals surface area contributed by atoms with Gasteiger partial charge in [-0.3, -0.25) is 0 Å². The van der Waals surface area contributed by atoms with Crippen molar-refractivity contribution in [3.8, 4) is 0 Å². The molecular weight excluding hydrogens is 270 g/mol. The van der Waals surface area contributed by atoms with Crippen LogP contribution >= 0.6 is 0 Å². The van der Waals surface area contributed by atoms with Crippen molar-refractivity contribution in [1.82, 2.24) is 0 Å². The van der Waals surface area contributed by atoms with Crippen molar-refractivity contribution in [3.63, 3.8) is 0 Å². The Morgan fingerprint density at radius 2 is 1.75 bits per heavy atom. The van der Waals surface area contributed by atoms with Crippen LogP contribution in [0.15, 0.2) is 23.1 Å². The molecule has 20 heavy (non-hydrogen) atoms. The molecule has 0 spiro atoms. The highest BCUT2D eigenvalue weighted by Crippen LogP contribution is 2.32. The van der Waals surface area contributed by atoms with Crippen molar-refractivity contribution in [3.05, 3.63) is 23.8 Å². The van der Waals surface area contributed by atoms with Gasteiger partial charge in [-0.15, -0.1) is 0 Å². The average Bonchev–Trinajstić information content (AvgIpc) is 2.34. The maximum Gasteiger partial charge on any atom is 0.175 e. The van der Waals surface area contributed by atoms with Gasteiger partial charge in [-0.1, -0.05) is 26.3 Å². The summed E-state index contributed by atoms with van der Waals surface area (Å²) in [4.78, 5) is 0.390. The molecule has 0 radical (unpaired) electrons. The first-order valence-corrected chi connectivity index (χ1v) is 9.25. The lowest BCUT2D eigenvalue weighted by atomic mass is 9.78. The standard InChI is InChI=1S/C16H25NO2S/c1-11-8-9-14(20(4,18)19)10-15(11)17-16-12(2)6-5-7-13(16)3/h8-10,12-13,16-17H,5-7H2,1-4H3. The quantitative estimate of drug-likeness (QED) is 0.926. The van der Waals surface area contributed by atoms with Crippen LogP contribution in [0.5, 0.6) is 0 Å². The summed E-state index contributed by atoms with van der Waals surface area (Å²) < 4.78 is 23.4. The minimum Gasteiger partial charge on any atom is -0.382 e. The third-order valence-electron chi connectivity index (χ3n) is 4.50. The summed E-state index contributed by atoms with van der Waals surface area (Å²) in [5.74, 6) is 1.25. The fourth-order valence-electron chi connectivity index (χ4n) is 3.13. The SMILES string of the molecule is Cc1ccc(S(C)(=O)=O)cc1NC1C(C)CCCC1C. The van der Waals surface area contributed by atoms with E-state index in [1.807, 2.05) is 13.0 Å². The normalized spacial score (nSPS) is 27.3. The molecule has 2 unspecified atom stereocenters. The van der Waals surface area contributed by atoms with Gasteiger partial charge in [0.1, 0.15) is 0 Å². The number of benzene rings is 1. The van der Waals surface area contributed by atoms with Gasteiger partial charge in [0, 0.05) is 18.0 Å². The lowest BCUT2D eigenvalue weighted by molar-refractivity contribution is 0.268. The summed E-state index contributed by atoms with van der Waals surface area (Å²) in [7, 11) is -3.15. The van der Waals surface area contributed by atoms with E-state index in [4.69, 9.17) is 0 Å². The van der Waals surface area contributed by atoms with Crippen LogP contribution in [0.1, 0.15) is 38.7 Å². The monoisotopic (exact) mass is 295 g/mol. The molecule has 112 valence electrons. The minimum atomic E-state index is -3.15. The zero-order chi connectivity index (χ0) is 14.9. The number of aryl methyl sites for hydroxylation is 1. The number of hydrogen-bond acceptors (Lipinski definition) is 3. The Kier molecular flexibility index (Phi) is 4.43. The summed E-state index contributed by atoms with van der Waals surface area (Å²) in [5, 5.41) is 3.60. The highest BCUT2D eigenvalue weighted by molar-refractivity contribution is 7.90. The molecule has 1 N–H and O–H groups in total. The predicted octanol–water partition coefficient (Wildman–Crippen LogP) is 3.64. The number of rotatable bonds is 3. The second kappa shape index (κ2) is 5.76. The minimum absolute atomic E-state index is 0.390. The Morgan fingerprint density at radius 3 is 2.30 bits per heavy atom. The second-order valence-corrected chi connectivity index (χ2v) is 8.32. The molecule has 0 bridgehead atoms. The Bertz CT molecular complexity index is 570. The van der Waals surface area contributed by atoms with Crippen LogP contribution in [0.2, 0.25) is 0 Å². The molecular formula is C16H25NO2S. The fourth-order valence-corrected chi connectivity index (χ4v) is 3.78. The number of nitrogens with one attached hydrogen (secondary N) is 1. The Morgan fingerprint density at radius 1 is 1.15 bits per heavy atom. The first-order chi connectivity index (χ1) is 9.29. The molecule has 2 rings (SSSR count). The van der Waals surface area contributed by atoms with Crippen LogP contribution in [-0.4, -0.2) is 20.7 Å². The van der Waals surface area contributed by atoms with Crippen LogP contribution in [0, 0.1) is 18.8 Å². The van der Waals surface area contributed by atoms with Gasteiger partial charge in [0.15, 0.2) is 9.84 Å². The van der Waals surface area contributed by atoms with Gasteiger partial charge in [-0.25, -0.2) is 8.42 Å². The Balaban J connectivity index is 2.28. The molecule has 1 fully saturated rings. The van der Waals surface area contributed by atoms with Crippen molar-refractivity contribution in [2.45, 2.75) is 51.0 Å². The maximum atomic E-state index is 11.7. The molecule has 0 heterocycles. The summed E-state index contributed by atoms with van der Waals surface area (Å²) in [6, 6.07) is 5.77. The second-order valence-electron chi connectivity index (χ2n) is 6.30. The van der Waals surface area contributed by atoms with E-state index in [9.17, 15) is 8.42 Å². The van der Waals surface area contributed by atoms with Crippen LogP contribution in [0.3, 0.4) is 0 Å². The van der Waals surface area contributed by atoms with E-state index in [1.165, 1.54) is 25.5 Å². The van der Waals surface area contributed by atoms with Crippen molar-refractivity contribution in [2.24, 2.45) is 11.8 Å². The molecule has 0 aromatic heterocycles. The summed E-state index contributed by atoms with van der Waals surface area (Å²) in [6.45, 7) is 6.58. The fraction of sp³-hybridized carbons (Fsp3) is 0.625. The third-order valence-corrected chi connectivity index (χ3v) is 5.61. The summed E-state index contributed by atoms with van der Waals surface area (Å²) >= 11 is 0. The zero-order valence-electron chi connectivity index (χ0n) is 12.8. The first kappa shape index (κ1) is 15.4. The predicted molar refractivity (Wildman–Crippen MR) is 83.9 cm³/mol. The van der Waals surface area contributed by atoms with Crippen LogP contribution < -0.4 is 5.32 Å². The molecule has 0 saturated heterocycles. The van der Waals surface area contributed by atoms with Gasteiger partial charge < -0.3 is 5.32 Å². The van der Waals surface area contributed by atoms with Gasteiger partial charge in [-0.2, -0.15) is 0 Å². The van der Waals surface area contributed by atoms with E-state index in [0.717, 1.165) is 11.3 Å². The van der Waals surface area contributed by atoms with E-state index >= 15 is 0 Å². The zero-order valence-corrected chi connectivity index (χ0v) is 13.6. The topological polar surface area (TPSA) is 46.2 Å². The Hall–Kier alpha value is -1.03. The molecule has 4 heteroatoms. The van der Waals surface area contributed by atoms with Gasteiger partial charge in [-0.05, 0) is 49.3 Å². The molecule has 1 aliphatic carbocycles. The molecule has 3 nitrogen and oxygen atoms in total. The van der Waals surface area contributed by atoms with E-state index in [2.05, 4.69) is 19.2 Å². The molecule has 0 amide bonds. The number of hydrogen-bond donors (Lipinski definition) is 1. The summed E-state index contributed by atoms with van der Waals surface area (Å²) in [5.41, 5.74) is 2.06. The number of anilines is 1. The van der Waals surface area contributed by atoms with Crippen LogP contribution in [0.25, 0.3) is 0 Å². The highest BCUT2D eigenvalue weighted by Gasteiger charge is 2.28. The third kappa shape index (κ3) is 3.35.